The molecule has 4 heteroatoms. The Labute approximate surface area is 136 Å². The molecule has 1 unspecified atom stereocenters. The minimum atomic E-state index is -0.0750. The maximum atomic E-state index is 12.8. The number of halogens is 1. The van der Waals surface area contributed by atoms with Crippen molar-refractivity contribution in [2.75, 3.05) is 18.5 Å². The molecule has 1 aliphatic heterocycles. The van der Waals surface area contributed by atoms with Crippen molar-refractivity contribution in [3.8, 4) is 0 Å². The van der Waals surface area contributed by atoms with Gasteiger partial charge in [-0.3, -0.25) is 4.90 Å². The molecule has 22 heavy (non-hydrogen) atoms. The molecule has 0 saturated heterocycles. The van der Waals surface area contributed by atoms with E-state index in [-0.39, 0.29) is 12.1 Å². The monoisotopic (exact) mass is 314 g/mol. The first-order chi connectivity index (χ1) is 10.6. The highest BCUT2D eigenvalue weighted by Gasteiger charge is 2.29. The molecule has 1 heterocycles. The number of rotatable bonds is 2. The van der Waals surface area contributed by atoms with Crippen LogP contribution in [-0.2, 0) is 6.42 Å². The number of benzene rings is 2. The second-order valence-corrected chi connectivity index (χ2v) is 6.03. The van der Waals surface area contributed by atoms with Crippen LogP contribution in [0, 0.1) is 0 Å². The number of amides is 2. The fourth-order valence-electron chi connectivity index (χ4n) is 2.92. The Morgan fingerprint density at radius 3 is 2.64 bits per heavy atom. The second kappa shape index (κ2) is 6.01. The number of carbonyl (C=O) groups excluding carboxylic acids is 1. The first-order valence-corrected chi connectivity index (χ1v) is 7.84. The maximum Gasteiger partial charge on any atom is 0.324 e. The number of hydrogen-bond donors (Lipinski definition) is 0. The third-order valence-electron chi connectivity index (χ3n) is 4.36. The van der Waals surface area contributed by atoms with Crippen molar-refractivity contribution in [2.45, 2.75) is 19.4 Å². The Hall–Kier alpha value is -2.00. The van der Waals surface area contributed by atoms with Crippen molar-refractivity contribution in [1.82, 2.24) is 4.90 Å². The molecule has 3 nitrogen and oxygen atoms in total. The molecule has 0 aliphatic carbocycles. The molecule has 2 amide bonds. The van der Waals surface area contributed by atoms with Crippen LogP contribution in [-0.4, -0.2) is 24.5 Å². The number of anilines is 1. The van der Waals surface area contributed by atoms with E-state index in [9.17, 15) is 4.79 Å². The summed E-state index contributed by atoms with van der Waals surface area (Å²) in [5, 5.41) is 0.691. The van der Waals surface area contributed by atoms with Gasteiger partial charge in [-0.1, -0.05) is 48.0 Å². The predicted molar refractivity (Wildman–Crippen MR) is 90.5 cm³/mol. The van der Waals surface area contributed by atoms with Crippen LogP contribution in [0.1, 0.15) is 24.1 Å². The first-order valence-electron chi connectivity index (χ1n) is 7.46. The van der Waals surface area contributed by atoms with Crippen LogP contribution in [0.5, 0.6) is 0 Å². The number of carbonyl (C=O) groups is 1. The lowest BCUT2D eigenvalue weighted by Gasteiger charge is -2.30. The average Bonchev–Trinajstić information content (AvgIpc) is 2.97. The van der Waals surface area contributed by atoms with Crippen LogP contribution in [0.25, 0.3) is 0 Å². The zero-order valence-corrected chi connectivity index (χ0v) is 13.5. The number of nitrogens with zero attached hydrogens (tertiary/aromatic N) is 2. The van der Waals surface area contributed by atoms with Gasteiger partial charge in [-0.25, -0.2) is 4.79 Å². The van der Waals surface area contributed by atoms with Gasteiger partial charge < -0.3 is 4.90 Å². The van der Waals surface area contributed by atoms with Crippen molar-refractivity contribution in [1.29, 1.82) is 0 Å². The Morgan fingerprint density at radius 1 is 1.18 bits per heavy atom. The Kier molecular flexibility index (Phi) is 4.08. The van der Waals surface area contributed by atoms with E-state index in [4.69, 9.17) is 11.6 Å². The molecule has 0 radical (unpaired) electrons. The minimum Gasteiger partial charge on any atom is -0.321 e. The van der Waals surface area contributed by atoms with Gasteiger partial charge >= 0.3 is 6.03 Å². The Balaban J connectivity index is 1.83. The smallest absolute Gasteiger partial charge is 0.321 e. The Morgan fingerprint density at radius 2 is 1.86 bits per heavy atom. The molecular formula is C18H19ClN2O. The van der Waals surface area contributed by atoms with Gasteiger partial charge in [-0.15, -0.1) is 0 Å². The highest BCUT2D eigenvalue weighted by molar-refractivity contribution is 6.31. The molecular weight excluding hydrogens is 296 g/mol. The largest absolute Gasteiger partial charge is 0.324 e. The maximum absolute atomic E-state index is 12.8. The third kappa shape index (κ3) is 2.57. The highest BCUT2D eigenvalue weighted by Crippen LogP contribution is 2.31. The van der Waals surface area contributed by atoms with Gasteiger partial charge in [0.15, 0.2) is 0 Å². The van der Waals surface area contributed by atoms with E-state index in [1.54, 1.807) is 4.90 Å². The zero-order chi connectivity index (χ0) is 15.7. The second-order valence-electron chi connectivity index (χ2n) is 5.62. The van der Waals surface area contributed by atoms with Gasteiger partial charge in [0.1, 0.15) is 0 Å². The average molecular weight is 315 g/mol. The van der Waals surface area contributed by atoms with E-state index in [1.807, 2.05) is 61.3 Å². The number of fused-ring (bicyclic) bond motifs is 1. The molecule has 0 N–H and O–H groups in total. The summed E-state index contributed by atoms with van der Waals surface area (Å²) in [6.07, 6.45) is 0.913. The van der Waals surface area contributed by atoms with E-state index < -0.39 is 0 Å². The molecule has 0 bridgehead atoms. The first kappa shape index (κ1) is 14.9. The lowest BCUT2D eigenvalue weighted by molar-refractivity contribution is 0.202. The van der Waals surface area contributed by atoms with Crippen molar-refractivity contribution in [3.63, 3.8) is 0 Å². The van der Waals surface area contributed by atoms with E-state index in [0.717, 1.165) is 24.2 Å². The van der Waals surface area contributed by atoms with E-state index in [2.05, 4.69) is 6.07 Å². The van der Waals surface area contributed by atoms with Crippen molar-refractivity contribution >= 4 is 23.3 Å². The van der Waals surface area contributed by atoms with E-state index in [1.165, 1.54) is 5.56 Å². The minimum absolute atomic E-state index is 0.0115. The summed E-state index contributed by atoms with van der Waals surface area (Å²) >= 11 is 6.26. The van der Waals surface area contributed by atoms with Gasteiger partial charge in [0.25, 0.3) is 0 Å². The molecule has 1 atom stereocenters. The van der Waals surface area contributed by atoms with Crippen LogP contribution >= 0.6 is 11.6 Å². The van der Waals surface area contributed by atoms with E-state index >= 15 is 0 Å². The van der Waals surface area contributed by atoms with Crippen LogP contribution in [0.2, 0.25) is 5.02 Å². The van der Waals surface area contributed by atoms with Crippen molar-refractivity contribution < 1.29 is 4.79 Å². The normalized spacial score (nSPS) is 14.6. The summed E-state index contributed by atoms with van der Waals surface area (Å²) in [6.45, 7) is 2.73. The van der Waals surface area contributed by atoms with Crippen LogP contribution in [0.3, 0.4) is 0 Å². The highest BCUT2D eigenvalue weighted by atomic mass is 35.5. The summed E-state index contributed by atoms with van der Waals surface area (Å²) in [7, 11) is 1.83. The molecule has 3 rings (SSSR count). The van der Waals surface area contributed by atoms with Gasteiger partial charge in [0, 0.05) is 24.3 Å². The van der Waals surface area contributed by atoms with Crippen LogP contribution in [0.15, 0.2) is 48.5 Å². The number of urea groups is 1. The summed E-state index contributed by atoms with van der Waals surface area (Å²) in [5.41, 5.74) is 3.22. The predicted octanol–water partition coefficient (Wildman–Crippen LogP) is 4.52. The fraction of sp³-hybridized carbons (Fsp3) is 0.278. The molecule has 114 valence electrons. The quantitative estimate of drug-likeness (QED) is 0.799. The number of hydrogen-bond acceptors (Lipinski definition) is 1. The molecule has 0 fully saturated rings. The summed E-state index contributed by atoms with van der Waals surface area (Å²) in [6, 6.07) is 15.7. The number of para-hydroxylation sites is 1. The third-order valence-corrected chi connectivity index (χ3v) is 4.70. The molecule has 2 aromatic carbocycles. The van der Waals surface area contributed by atoms with Crippen molar-refractivity contribution in [3.05, 3.63) is 64.7 Å². The van der Waals surface area contributed by atoms with Gasteiger partial charge in [0.05, 0.1) is 6.04 Å². The molecule has 0 spiro atoms. The van der Waals surface area contributed by atoms with E-state index in [0.29, 0.717) is 5.02 Å². The molecule has 0 aromatic heterocycles. The molecule has 1 aliphatic rings. The molecule has 0 saturated carbocycles. The SMILES string of the molecule is CC(c1ccccc1Cl)N(C)C(=O)N1CCc2ccccc21. The standard InChI is InChI=1S/C18H19ClN2O/c1-13(15-8-4-5-9-16(15)19)20(2)18(22)21-12-11-14-7-3-6-10-17(14)21/h3-10,13H,11-12H2,1-2H3. The summed E-state index contributed by atoms with van der Waals surface area (Å²) in [4.78, 5) is 16.4. The summed E-state index contributed by atoms with van der Waals surface area (Å²) < 4.78 is 0. The van der Waals surface area contributed by atoms with Gasteiger partial charge in [-0.05, 0) is 36.6 Å². The topological polar surface area (TPSA) is 23.6 Å². The van der Waals surface area contributed by atoms with Crippen LogP contribution < -0.4 is 4.90 Å². The van der Waals surface area contributed by atoms with Gasteiger partial charge in [0.2, 0.25) is 0 Å². The lowest BCUT2D eigenvalue weighted by Crippen LogP contribution is -2.41. The lowest BCUT2D eigenvalue weighted by atomic mass is 10.1. The summed E-state index contributed by atoms with van der Waals surface area (Å²) in [5.74, 6) is 0. The van der Waals surface area contributed by atoms with Crippen LogP contribution in [0.4, 0.5) is 10.5 Å². The van der Waals surface area contributed by atoms with Gasteiger partial charge in [-0.2, -0.15) is 0 Å². The van der Waals surface area contributed by atoms with Crippen molar-refractivity contribution in [2.24, 2.45) is 0 Å². The fourth-order valence-corrected chi connectivity index (χ4v) is 3.21. The molecule has 2 aromatic rings. The Bertz CT molecular complexity index is 701. The zero-order valence-electron chi connectivity index (χ0n) is 12.8.